The van der Waals surface area contributed by atoms with Crippen molar-refractivity contribution < 1.29 is 9.66 Å². The summed E-state index contributed by atoms with van der Waals surface area (Å²) in [4.78, 5) is 10.2. The Kier molecular flexibility index (Phi) is 3.46. The Morgan fingerprint density at radius 3 is 2.71 bits per heavy atom. The van der Waals surface area contributed by atoms with Crippen LogP contribution in [0.5, 0.6) is 5.75 Å². The third kappa shape index (κ3) is 2.67. The molecule has 0 unspecified atom stereocenters. The molecule has 1 fully saturated rings. The van der Waals surface area contributed by atoms with Crippen LogP contribution in [0.15, 0.2) is 18.2 Å². The second kappa shape index (κ2) is 5.03. The third-order valence-electron chi connectivity index (χ3n) is 3.11. The van der Waals surface area contributed by atoms with Gasteiger partial charge in [0.15, 0.2) is 0 Å². The number of ether oxygens (including phenoxy) is 1. The van der Waals surface area contributed by atoms with Gasteiger partial charge in [0.05, 0.1) is 23.8 Å². The predicted octanol–water partition coefficient (Wildman–Crippen LogP) is 2.96. The number of nitrogens with zero attached hydrogens (tertiary/aromatic N) is 1. The molecule has 1 aromatic carbocycles. The lowest BCUT2D eigenvalue weighted by Crippen LogP contribution is -2.15. The first kappa shape index (κ1) is 11.7. The Balaban J connectivity index is 2.18. The van der Waals surface area contributed by atoms with Crippen LogP contribution in [0.4, 0.5) is 11.4 Å². The van der Waals surface area contributed by atoms with Gasteiger partial charge < -0.3 is 10.1 Å². The molecule has 0 saturated heterocycles. The number of hydrogen-bond donors (Lipinski definition) is 1. The zero-order chi connectivity index (χ0) is 12.3. The molecule has 0 atom stereocenters. The first-order valence-electron chi connectivity index (χ1n) is 5.79. The van der Waals surface area contributed by atoms with E-state index in [1.807, 2.05) is 0 Å². The maximum atomic E-state index is 10.7. The summed E-state index contributed by atoms with van der Waals surface area (Å²) in [6, 6.07) is 5.14. The summed E-state index contributed by atoms with van der Waals surface area (Å²) in [6.07, 6.45) is 4.79. The lowest BCUT2D eigenvalue weighted by molar-refractivity contribution is -0.384. The van der Waals surface area contributed by atoms with E-state index in [1.165, 1.54) is 32.1 Å². The number of methoxy groups -OCH3 is 1. The largest absolute Gasteiger partial charge is 0.494 e. The topological polar surface area (TPSA) is 64.4 Å². The van der Waals surface area contributed by atoms with E-state index in [4.69, 9.17) is 4.74 Å². The molecule has 0 radical (unpaired) electrons. The number of nitro groups is 1. The molecule has 2 rings (SSSR count). The minimum Gasteiger partial charge on any atom is -0.494 e. The monoisotopic (exact) mass is 236 g/mol. The summed E-state index contributed by atoms with van der Waals surface area (Å²) in [5.41, 5.74) is 0.892. The molecule has 92 valence electrons. The third-order valence-corrected chi connectivity index (χ3v) is 3.11. The zero-order valence-electron chi connectivity index (χ0n) is 9.81. The lowest BCUT2D eigenvalue weighted by Gasteiger charge is -2.16. The molecule has 1 N–H and O–H groups in total. The number of benzene rings is 1. The molecule has 0 aromatic heterocycles. The number of rotatable bonds is 4. The quantitative estimate of drug-likeness (QED) is 0.644. The Morgan fingerprint density at radius 2 is 2.12 bits per heavy atom. The van der Waals surface area contributed by atoms with E-state index >= 15 is 0 Å². The Hall–Kier alpha value is -1.78. The van der Waals surface area contributed by atoms with Gasteiger partial charge in [0.1, 0.15) is 5.75 Å². The van der Waals surface area contributed by atoms with Crippen LogP contribution in [0, 0.1) is 10.1 Å². The predicted molar refractivity (Wildman–Crippen MR) is 65.5 cm³/mol. The van der Waals surface area contributed by atoms with Gasteiger partial charge in [-0.25, -0.2) is 0 Å². The van der Waals surface area contributed by atoms with Gasteiger partial charge in [-0.2, -0.15) is 0 Å². The van der Waals surface area contributed by atoms with Crippen molar-refractivity contribution in [2.24, 2.45) is 0 Å². The van der Waals surface area contributed by atoms with Crippen LogP contribution in [0.25, 0.3) is 0 Å². The van der Waals surface area contributed by atoms with E-state index < -0.39 is 4.92 Å². The Bertz CT molecular complexity index is 414. The van der Waals surface area contributed by atoms with E-state index in [0.29, 0.717) is 11.8 Å². The molecular formula is C12H16N2O3. The fourth-order valence-corrected chi connectivity index (χ4v) is 2.20. The molecule has 0 heterocycles. The van der Waals surface area contributed by atoms with Crippen molar-refractivity contribution in [3.63, 3.8) is 0 Å². The van der Waals surface area contributed by atoms with E-state index in [0.717, 1.165) is 18.5 Å². The van der Waals surface area contributed by atoms with Gasteiger partial charge in [-0.3, -0.25) is 10.1 Å². The van der Waals surface area contributed by atoms with E-state index in [-0.39, 0.29) is 5.69 Å². The lowest BCUT2D eigenvalue weighted by atomic mass is 10.2. The number of non-ortho nitro benzene ring substituents is 1. The van der Waals surface area contributed by atoms with Gasteiger partial charge >= 0.3 is 0 Å². The summed E-state index contributed by atoms with van der Waals surface area (Å²) in [6.45, 7) is 0. The van der Waals surface area contributed by atoms with Crippen molar-refractivity contribution in [3.05, 3.63) is 28.3 Å². The second-order valence-corrected chi connectivity index (χ2v) is 4.27. The molecule has 0 aliphatic heterocycles. The minimum atomic E-state index is -0.415. The van der Waals surface area contributed by atoms with Gasteiger partial charge in [0, 0.05) is 12.1 Å². The number of anilines is 1. The molecule has 17 heavy (non-hydrogen) atoms. The average Bonchev–Trinajstić information content (AvgIpc) is 2.82. The fraction of sp³-hybridized carbons (Fsp3) is 0.500. The number of hydrogen-bond acceptors (Lipinski definition) is 4. The highest BCUT2D eigenvalue weighted by atomic mass is 16.6. The SMILES string of the molecule is COc1cc([N+](=O)[O-])ccc1NC1CCCC1. The molecule has 1 aliphatic rings. The fourth-order valence-electron chi connectivity index (χ4n) is 2.20. The van der Waals surface area contributed by atoms with Crippen molar-refractivity contribution in [2.45, 2.75) is 31.7 Å². The highest BCUT2D eigenvalue weighted by Gasteiger charge is 2.17. The molecule has 5 nitrogen and oxygen atoms in total. The summed E-state index contributed by atoms with van der Waals surface area (Å²) < 4.78 is 5.18. The molecule has 1 aromatic rings. The average molecular weight is 236 g/mol. The van der Waals surface area contributed by atoms with E-state index in [2.05, 4.69) is 5.32 Å². The van der Waals surface area contributed by atoms with Crippen LogP contribution in [-0.4, -0.2) is 18.1 Å². The van der Waals surface area contributed by atoms with Gasteiger partial charge in [-0.15, -0.1) is 0 Å². The van der Waals surface area contributed by atoms with Crippen molar-refractivity contribution >= 4 is 11.4 Å². The molecule has 0 spiro atoms. The summed E-state index contributed by atoms with van der Waals surface area (Å²) in [7, 11) is 1.53. The number of nitro benzene ring substituents is 1. The molecule has 5 heteroatoms. The van der Waals surface area contributed by atoms with E-state index in [1.54, 1.807) is 6.07 Å². The smallest absolute Gasteiger partial charge is 0.273 e. The van der Waals surface area contributed by atoms with Crippen LogP contribution in [-0.2, 0) is 0 Å². The van der Waals surface area contributed by atoms with Crippen molar-refractivity contribution in [1.29, 1.82) is 0 Å². The van der Waals surface area contributed by atoms with Gasteiger partial charge in [-0.1, -0.05) is 12.8 Å². The zero-order valence-corrected chi connectivity index (χ0v) is 9.81. The van der Waals surface area contributed by atoms with Crippen LogP contribution in [0.3, 0.4) is 0 Å². The Morgan fingerprint density at radius 1 is 1.41 bits per heavy atom. The summed E-state index contributed by atoms with van der Waals surface area (Å²) in [5, 5.41) is 14.0. The van der Waals surface area contributed by atoms with Gasteiger partial charge in [0.25, 0.3) is 5.69 Å². The Labute approximate surface area is 99.9 Å². The van der Waals surface area contributed by atoms with Crippen LogP contribution in [0.2, 0.25) is 0 Å². The highest BCUT2D eigenvalue weighted by molar-refractivity contribution is 5.61. The second-order valence-electron chi connectivity index (χ2n) is 4.27. The maximum Gasteiger partial charge on any atom is 0.273 e. The molecule has 1 aliphatic carbocycles. The molecule has 1 saturated carbocycles. The van der Waals surface area contributed by atoms with Crippen molar-refractivity contribution in [2.75, 3.05) is 12.4 Å². The highest BCUT2D eigenvalue weighted by Crippen LogP contribution is 2.31. The van der Waals surface area contributed by atoms with Gasteiger partial charge in [0.2, 0.25) is 0 Å². The molecular weight excluding hydrogens is 220 g/mol. The van der Waals surface area contributed by atoms with Gasteiger partial charge in [-0.05, 0) is 18.9 Å². The normalized spacial score (nSPS) is 15.8. The molecule has 0 bridgehead atoms. The minimum absolute atomic E-state index is 0.0545. The maximum absolute atomic E-state index is 10.7. The van der Waals surface area contributed by atoms with E-state index in [9.17, 15) is 10.1 Å². The standard InChI is InChI=1S/C12H16N2O3/c1-17-12-8-10(14(15)16)6-7-11(12)13-9-4-2-3-5-9/h6-9,13H,2-5H2,1H3. The summed E-state index contributed by atoms with van der Waals surface area (Å²) in [5.74, 6) is 0.533. The first-order valence-corrected chi connectivity index (χ1v) is 5.79. The first-order chi connectivity index (χ1) is 8.20. The number of nitrogens with one attached hydrogen (secondary N) is 1. The van der Waals surface area contributed by atoms with Crippen LogP contribution >= 0.6 is 0 Å². The molecule has 0 amide bonds. The van der Waals surface area contributed by atoms with Crippen LogP contribution in [0.1, 0.15) is 25.7 Å². The summed E-state index contributed by atoms with van der Waals surface area (Å²) >= 11 is 0. The van der Waals surface area contributed by atoms with Crippen LogP contribution < -0.4 is 10.1 Å². The van der Waals surface area contributed by atoms with Crippen molar-refractivity contribution in [1.82, 2.24) is 0 Å². The van der Waals surface area contributed by atoms with Crippen molar-refractivity contribution in [3.8, 4) is 5.75 Å².